The van der Waals surface area contributed by atoms with Gasteiger partial charge in [0.05, 0.1) is 12.8 Å². The van der Waals surface area contributed by atoms with Crippen LogP contribution in [0.25, 0.3) is 5.69 Å². The van der Waals surface area contributed by atoms with E-state index in [0.717, 1.165) is 43.7 Å². The van der Waals surface area contributed by atoms with Crippen LogP contribution in [0.3, 0.4) is 0 Å². The van der Waals surface area contributed by atoms with Crippen LogP contribution < -0.4 is 4.74 Å². The van der Waals surface area contributed by atoms with E-state index in [4.69, 9.17) is 4.74 Å². The molecule has 0 spiro atoms. The van der Waals surface area contributed by atoms with Crippen LogP contribution in [0.5, 0.6) is 5.75 Å². The number of aromatic nitrogens is 2. The first-order valence-corrected chi connectivity index (χ1v) is 9.79. The molecule has 1 fully saturated rings. The van der Waals surface area contributed by atoms with E-state index in [1.165, 1.54) is 5.56 Å². The molecule has 1 atom stereocenters. The molecule has 1 saturated heterocycles. The number of nitrogens with zero attached hydrogens (tertiary/aromatic N) is 3. The molecule has 2 heterocycles. The molecule has 28 heavy (non-hydrogen) atoms. The molecule has 2 aromatic carbocycles. The number of likely N-dealkylation sites (tertiary alicyclic amines) is 1. The van der Waals surface area contributed by atoms with Crippen molar-refractivity contribution < 1.29 is 9.53 Å². The van der Waals surface area contributed by atoms with E-state index in [2.05, 4.69) is 29.4 Å². The molecule has 4 rings (SSSR count). The third-order valence-corrected chi connectivity index (χ3v) is 5.39. The number of rotatable bonds is 6. The number of hydrogen-bond donors (Lipinski definition) is 0. The van der Waals surface area contributed by atoms with Gasteiger partial charge < -0.3 is 9.64 Å². The van der Waals surface area contributed by atoms with E-state index >= 15 is 0 Å². The lowest BCUT2D eigenvalue weighted by molar-refractivity contribution is 0.0724. The van der Waals surface area contributed by atoms with Gasteiger partial charge in [0, 0.05) is 18.8 Å². The molecule has 1 amide bonds. The zero-order valence-corrected chi connectivity index (χ0v) is 16.1. The van der Waals surface area contributed by atoms with Gasteiger partial charge in [0.15, 0.2) is 5.69 Å². The molecule has 0 aliphatic carbocycles. The maximum atomic E-state index is 13.0. The molecule has 1 aliphatic rings. The quantitative estimate of drug-likeness (QED) is 0.651. The molecular formula is C23H25N3O2. The van der Waals surface area contributed by atoms with Gasteiger partial charge in [-0.15, -0.1) is 0 Å². The number of ether oxygens (including phenoxy) is 1. The van der Waals surface area contributed by atoms with Gasteiger partial charge in [0.1, 0.15) is 5.75 Å². The van der Waals surface area contributed by atoms with E-state index in [0.29, 0.717) is 11.7 Å². The van der Waals surface area contributed by atoms with Gasteiger partial charge in [-0.1, -0.05) is 30.3 Å². The predicted octanol–water partition coefficient (Wildman–Crippen LogP) is 4.12. The summed E-state index contributed by atoms with van der Waals surface area (Å²) in [5, 5.41) is 4.52. The van der Waals surface area contributed by atoms with Crippen LogP contribution >= 0.6 is 0 Å². The Morgan fingerprint density at radius 2 is 1.89 bits per heavy atom. The highest BCUT2D eigenvalue weighted by atomic mass is 16.5. The first kappa shape index (κ1) is 18.3. The number of hydrogen-bond acceptors (Lipinski definition) is 3. The SMILES string of the molecule is COc1ccc(-n2ccc(C(=O)N3CCCC3CCc3ccccc3)n2)cc1. The van der Waals surface area contributed by atoms with Crippen LogP contribution in [-0.2, 0) is 6.42 Å². The first-order valence-electron chi connectivity index (χ1n) is 9.79. The van der Waals surface area contributed by atoms with Crippen LogP contribution in [0.2, 0.25) is 0 Å². The summed E-state index contributed by atoms with van der Waals surface area (Å²) in [5.41, 5.74) is 2.73. The third-order valence-electron chi connectivity index (χ3n) is 5.39. The molecule has 0 N–H and O–H groups in total. The van der Waals surface area contributed by atoms with E-state index < -0.39 is 0 Å². The molecule has 1 unspecified atom stereocenters. The van der Waals surface area contributed by atoms with Crippen molar-refractivity contribution in [3.05, 3.63) is 78.1 Å². The minimum atomic E-state index is 0.0304. The minimum Gasteiger partial charge on any atom is -0.497 e. The molecule has 1 aromatic heterocycles. The van der Waals surface area contributed by atoms with Gasteiger partial charge in [0.25, 0.3) is 5.91 Å². The van der Waals surface area contributed by atoms with Crippen molar-refractivity contribution in [1.29, 1.82) is 0 Å². The number of aryl methyl sites for hydroxylation is 1. The first-order chi connectivity index (χ1) is 13.7. The van der Waals surface area contributed by atoms with E-state index in [1.54, 1.807) is 17.9 Å². The van der Waals surface area contributed by atoms with E-state index in [1.807, 2.05) is 41.4 Å². The monoisotopic (exact) mass is 375 g/mol. The summed E-state index contributed by atoms with van der Waals surface area (Å²) in [6.07, 6.45) is 5.96. The molecule has 5 nitrogen and oxygen atoms in total. The fraction of sp³-hybridized carbons (Fsp3) is 0.304. The van der Waals surface area contributed by atoms with Gasteiger partial charge in [-0.3, -0.25) is 4.79 Å². The number of carbonyl (C=O) groups excluding carboxylic acids is 1. The third kappa shape index (κ3) is 3.93. The Kier molecular flexibility index (Phi) is 5.42. The van der Waals surface area contributed by atoms with Crippen LogP contribution in [0, 0.1) is 0 Å². The van der Waals surface area contributed by atoms with Crippen LogP contribution in [0.15, 0.2) is 66.9 Å². The summed E-state index contributed by atoms with van der Waals surface area (Å²) >= 11 is 0. The number of methoxy groups -OCH3 is 1. The summed E-state index contributed by atoms with van der Waals surface area (Å²) in [6.45, 7) is 0.813. The highest BCUT2D eigenvalue weighted by molar-refractivity contribution is 5.92. The maximum absolute atomic E-state index is 13.0. The van der Waals surface area contributed by atoms with Gasteiger partial charge in [-0.05, 0) is 61.6 Å². The Hall–Kier alpha value is -3.08. The normalized spacial score (nSPS) is 16.3. The van der Waals surface area contributed by atoms with Crippen molar-refractivity contribution in [1.82, 2.24) is 14.7 Å². The van der Waals surface area contributed by atoms with Crippen molar-refractivity contribution in [2.75, 3.05) is 13.7 Å². The summed E-state index contributed by atoms with van der Waals surface area (Å²) in [5.74, 6) is 0.827. The molecule has 0 radical (unpaired) electrons. The Bertz CT molecular complexity index is 919. The Morgan fingerprint density at radius 1 is 1.11 bits per heavy atom. The summed E-state index contributed by atoms with van der Waals surface area (Å²) < 4.78 is 6.93. The molecule has 1 aliphatic heterocycles. The highest BCUT2D eigenvalue weighted by Crippen LogP contribution is 2.24. The fourth-order valence-corrected chi connectivity index (χ4v) is 3.85. The average Bonchev–Trinajstić information content (AvgIpc) is 3.42. The largest absolute Gasteiger partial charge is 0.497 e. The van der Waals surface area contributed by atoms with Gasteiger partial charge in [-0.2, -0.15) is 5.10 Å². The summed E-state index contributed by atoms with van der Waals surface area (Å²) in [7, 11) is 1.64. The van der Waals surface area contributed by atoms with Crippen LogP contribution in [0.4, 0.5) is 0 Å². The van der Waals surface area contributed by atoms with Crippen LogP contribution in [-0.4, -0.2) is 40.3 Å². The number of amides is 1. The highest BCUT2D eigenvalue weighted by Gasteiger charge is 2.30. The second-order valence-electron chi connectivity index (χ2n) is 7.16. The predicted molar refractivity (Wildman–Crippen MR) is 109 cm³/mol. The summed E-state index contributed by atoms with van der Waals surface area (Å²) in [4.78, 5) is 15.0. The number of benzene rings is 2. The second kappa shape index (κ2) is 8.30. The zero-order chi connectivity index (χ0) is 19.3. The van der Waals surface area contributed by atoms with E-state index in [-0.39, 0.29) is 5.91 Å². The lowest BCUT2D eigenvalue weighted by Crippen LogP contribution is -2.36. The number of carbonyl (C=O) groups is 1. The minimum absolute atomic E-state index is 0.0304. The molecule has 3 aromatic rings. The lowest BCUT2D eigenvalue weighted by Gasteiger charge is -2.24. The van der Waals surface area contributed by atoms with Crippen molar-refractivity contribution in [3.63, 3.8) is 0 Å². The van der Waals surface area contributed by atoms with Crippen molar-refractivity contribution in [2.24, 2.45) is 0 Å². The maximum Gasteiger partial charge on any atom is 0.274 e. The zero-order valence-electron chi connectivity index (χ0n) is 16.1. The second-order valence-corrected chi connectivity index (χ2v) is 7.16. The molecule has 5 heteroatoms. The summed E-state index contributed by atoms with van der Waals surface area (Å²) in [6, 6.07) is 20.2. The fourth-order valence-electron chi connectivity index (χ4n) is 3.85. The topological polar surface area (TPSA) is 47.4 Å². The molecule has 0 saturated carbocycles. The van der Waals surface area contributed by atoms with Crippen molar-refractivity contribution in [3.8, 4) is 11.4 Å². The van der Waals surface area contributed by atoms with Gasteiger partial charge in [-0.25, -0.2) is 4.68 Å². The van der Waals surface area contributed by atoms with Crippen molar-refractivity contribution >= 4 is 5.91 Å². The lowest BCUT2D eigenvalue weighted by atomic mass is 10.0. The average molecular weight is 375 g/mol. The van der Waals surface area contributed by atoms with Gasteiger partial charge in [0.2, 0.25) is 0 Å². The van der Waals surface area contributed by atoms with E-state index in [9.17, 15) is 4.79 Å². The van der Waals surface area contributed by atoms with Crippen molar-refractivity contribution in [2.45, 2.75) is 31.7 Å². The smallest absolute Gasteiger partial charge is 0.274 e. The standard InChI is InChI=1S/C23H25N3O2/c1-28-21-13-11-20(12-14-21)26-17-15-22(24-26)23(27)25-16-5-8-19(25)10-9-18-6-3-2-4-7-18/h2-4,6-7,11-15,17,19H,5,8-10,16H2,1H3. The molecule has 144 valence electrons. The Morgan fingerprint density at radius 3 is 2.64 bits per heavy atom. The molecule has 0 bridgehead atoms. The molecular weight excluding hydrogens is 350 g/mol. The Labute approximate surface area is 165 Å². The Balaban J connectivity index is 1.43. The van der Waals surface area contributed by atoms with Gasteiger partial charge >= 0.3 is 0 Å². The van der Waals surface area contributed by atoms with Crippen LogP contribution in [0.1, 0.15) is 35.3 Å².